The predicted octanol–water partition coefficient (Wildman–Crippen LogP) is 5.64. The standard InChI is InChI=1S/C29H28F3N5O3S/c1-3-37-16-23(27(34-37)29(30,31)32)20-8-5-4-7-19(20)22-15-36(17-24-21(22)13-25(33-2)41-24)26(38)9-6-11-35-12-10-18(14-35)28(39)40/h4-9,13,16,18,22H,3,10-12,14-15,17H2,1H3,(H,39,40)/b9-6+/t18?,22-/m0/s1. The largest absolute Gasteiger partial charge is 0.481 e. The molecule has 5 rings (SSSR count). The lowest BCUT2D eigenvalue weighted by Gasteiger charge is -2.34. The van der Waals surface area contributed by atoms with Gasteiger partial charge in [0.25, 0.3) is 0 Å². The molecule has 1 saturated heterocycles. The normalized spacial score (nSPS) is 19.4. The summed E-state index contributed by atoms with van der Waals surface area (Å²) >= 11 is 1.29. The molecule has 1 N–H and O–H groups in total. The fourth-order valence-corrected chi connectivity index (χ4v) is 6.56. The number of hydrogen-bond acceptors (Lipinski definition) is 5. The van der Waals surface area contributed by atoms with Gasteiger partial charge in [-0.2, -0.15) is 29.6 Å². The Morgan fingerprint density at radius 3 is 2.68 bits per heavy atom. The first-order chi connectivity index (χ1) is 19.6. The third-order valence-corrected chi connectivity index (χ3v) is 8.62. The number of alkyl halides is 3. The fraction of sp³-hybridized carbons (Fsp3) is 0.379. The summed E-state index contributed by atoms with van der Waals surface area (Å²) in [5.74, 6) is -1.92. The number of aromatic nitrogens is 2. The van der Waals surface area contributed by atoms with Crippen molar-refractivity contribution in [3.8, 4) is 11.1 Å². The van der Waals surface area contributed by atoms with Crippen molar-refractivity contribution in [3.63, 3.8) is 0 Å². The van der Waals surface area contributed by atoms with E-state index >= 15 is 0 Å². The number of aryl methyl sites for hydroxylation is 1. The molecule has 2 aliphatic heterocycles. The molecule has 2 atom stereocenters. The zero-order valence-corrected chi connectivity index (χ0v) is 23.1. The molecule has 0 saturated carbocycles. The number of aliphatic carboxylic acids is 1. The highest BCUT2D eigenvalue weighted by atomic mass is 32.1. The quantitative estimate of drug-likeness (QED) is 0.288. The average molecular weight is 584 g/mol. The van der Waals surface area contributed by atoms with E-state index in [0.29, 0.717) is 48.7 Å². The van der Waals surface area contributed by atoms with Crippen molar-refractivity contribution in [2.75, 3.05) is 26.2 Å². The number of halogens is 3. The van der Waals surface area contributed by atoms with Crippen LogP contribution in [0.3, 0.4) is 0 Å². The molecule has 0 bridgehead atoms. The summed E-state index contributed by atoms with van der Waals surface area (Å²) in [5.41, 5.74) is 0.874. The molecule has 0 aliphatic carbocycles. The molecule has 1 aromatic carbocycles. The molecule has 214 valence electrons. The van der Waals surface area contributed by atoms with Crippen LogP contribution >= 0.6 is 11.3 Å². The first-order valence-electron chi connectivity index (χ1n) is 13.2. The Labute approximate surface area is 239 Å². The van der Waals surface area contributed by atoms with Crippen molar-refractivity contribution in [2.24, 2.45) is 5.92 Å². The minimum atomic E-state index is -4.65. The van der Waals surface area contributed by atoms with Crippen LogP contribution in [-0.2, 0) is 28.9 Å². The van der Waals surface area contributed by atoms with Crippen LogP contribution in [0.4, 0.5) is 18.2 Å². The predicted molar refractivity (Wildman–Crippen MR) is 148 cm³/mol. The van der Waals surface area contributed by atoms with Gasteiger partial charge in [-0.25, -0.2) is 4.85 Å². The number of benzene rings is 1. The molecule has 2 aromatic heterocycles. The number of carboxylic acids is 1. The lowest BCUT2D eigenvalue weighted by Crippen LogP contribution is -2.37. The monoisotopic (exact) mass is 583 g/mol. The second-order valence-corrected chi connectivity index (χ2v) is 11.3. The van der Waals surface area contributed by atoms with Crippen LogP contribution in [-0.4, -0.2) is 62.7 Å². The molecule has 41 heavy (non-hydrogen) atoms. The van der Waals surface area contributed by atoms with Gasteiger partial charge in [0.1, 0.15) is 0 Å². The first kappa shape index (κ1) is 28.6. The van der Waals surface area contributed by atoms with Crippen LogP contribution in [0.25, 0.3) is 16.0 Å². The third kappa shape index (κ3) is 5.92. The minimum Gasteiger partial charge on any atom is -0.481 e. The SMILES string of the molecule is [C-]#[N+]c1cc2c(s1)CN(C(=O)/C=C/CN1CCC(C(=O)O)C1)C[C@H]2c1ccccc1-c1cn(CC)nc1C(F)(F)F. The molecule has 0 spiro atoms. The van der Waals surface area contributed by atoms with Gasteiger partial charge >= 0.3 is 12.1 Å². The van der Waals surface area contributed by atoms with Crippen molar-refractivity contribution < 1.29 is 27.9 Å². The van der Waals surface area contributed by atoms with Gasteiger partial charge in [0.15, 0.2) is 5.69 Å². The maximum atomic E-state index is 14.0. The van der Waals surface area contributed by atoms with Crippen molar-refractivity contribution in [1.29, 1.82) is 0 Å². The Morgan fingerprint density at radius 1 is 1.22 bits per heavy atom. The number of carbonyl (C=O) groups is 2. The fourth-order valence-electron chi connectivity index (χ4n) is 5.54. The molecule has 8 nitrogen and oxygen atoms in total. The summed E-state index contributed by atoms with van der Waals surface area (Å²) in [6, 6.07) is 8.64. The molecule has 12 heteroatoms. The van der Waals surface area contributed by atoms with Crippen molar-refractivity contribution in [1.82, 2.24) is 19.6 Å². The van der Waals surface area contributed by atoms with Crippen LogP contribution in [0, 0.1) is 12.5 Å². The lowest BCUT2D eigenvalue weighted by molar-refractivity contribution is -0.142. The molecule has 1 unspecified atom stereocenters. The van der Waals surface area contributed by atoms with Crippen molar-refractivity contribution in [3.05, 3.63) is 81.8 Å². The van der Waals surface area contributed by atoms with Crippen LogP contribution < -0.4 is 0 Å². The van der Waals surface area contributed by atoms with Gasteiger partial charge in [0.2, 0.25) is 10.9 Å². The van der Waals surface area contributed by atoms with E-state index in [1.165, 1.54) is 28.3 Å². The van der Waals surface area contributed by atoms with Gasteiger partial charge in [-0.3, -0.25) is 19.2 Å². The minimum absolute atomic E-state index is 0.0224. The Bertz CT molecular complexity index is 1540. The molecular formula is C29H28F3N5O3S. The highest BCUT2D eigenvalue weighted by molar-refractivity contribution is 7.16. The van der Waals surface area contributed by atoms with Crippen molar-refractivity contribution in [2.45, 2.75) is 38.5 Å². The van der Waals surface area contributed by atoms with Gasteiger partial charge in [-0.1, -0.05) is 30.3 Å². The topological polar surface area (TPSA) is 83.0 Å². The molecule has 4 heterocycles. The van der Waals surface area contributed by atoms with Crippen LogP contribution in [0.15, 0.2) is 48.7 Å². The summed E-state index contributed by atoms with van der Waals surface area (Å²) in [7, 11) is 0. The number of amides is 1. The van der Waals surface area contributed by atoms with E-state index in [-0.39, 0.29) is 24.6 Å². The summed E-state index contributed by atoms with van der Waals surface area (Å²) in [4.78, 5) is 32.5. The van der Waals surface area contributed by atoms with E-state index in [2.05, 4.69) is 9.94 Å². The molecule has 3 aromatic rings. The zero-order valence-electron chi connectivity index (χ0n) is 22.3. The number of fused-ring (bicyclic) bond motifs is 1. The summed E-state index contributed by atoms with van der Waals surface area (Å²) in [5, 5.41) is 13.5. The number of hydrogen-bond donors (Lipinski definition) is 1. The summed E-state index contributed by atoms with van der Waals surface area (Å²) in [6.07, 6.45) is 0.523. The van der Waals surface area contributed by atoms with Gasteiger partial charge in [0, 0.05) is 54.8 Å². The summed E-state index contributed by atoms with van der Waals surface area (Å²) < 4.78 is 43.3. The molecule has 1 amide bonds. The lowest BCUT2D eigenvalue weighted by atomic mass is 9.84. The van der Waals surface area contributed by atoms with E-state index in [9.17, 15) is 27.9 Å². The second-order valence-electron chi connectivity index (χ2n) is 10.2. The Morgan fingerprint density at radius 2 is 2.00 bits per heavy atom. The number of thiophene rings is 1. The Hall–Kier alpha value is -3.95. The maximum absolute atomic E-state index is 14.0. The summed E-state index contributed by atoms with van der Waals surface area (Å²) in [6.45, 7) is 11.6. The van der Waals surface area contributed by atoms with Crippen LogP contribution in [0.2, 0.25) is 0 Å². The van der Waals surface area contributed by atoms with E-state index in [0.717, 1.165) is 10.4 Å². The number of carboxylic acid groups (broad SMARTS) is 1. The van der Waals surface area contributed by atoms with E-state index in [1.54, 1.807) is 48.2 Å². The maximum Gasteiger partial charge on any atom is 0.435 e. The second kappa shape index (κ2) is 11.5. The molecule has 1 fully saturated rings. The number of nitrogens with zero attached hydrogens (tertiary/aromatic N) is 5. The highest BCUT2D eigenvalue weighted by Gasteiger charge is 2.39. The molecular weight excluding hydrogens is 555 g/mol. The Balaban J connectivity index is 1.46. The van der Waals surface area contributed by atoms with E-state index in [4.69, 9.17) is 6.57 Å². The van der Waals surface area contributed by atoms with Gasteiger partial charge in [-0.05, 0) is 42.6 Å². The van der Waals surface area contributed by atoms with Crippen LogP contribution in [0.5, 0.6) is 0 Å². The van der Waals surface area contributed by atoms with Crippen molar-refractivity contribution >= 4 is 28.2 Å². The smallest absolute Gasteiger partial charge is 0.435 e. The number of rotatable bonds is 7. The van der Waals surface area contributed by atoms with E-state index in [1.807, 2.05) is 4.90 Å². The number of likely N-dealkylation sites (tertiary alicyclic amines) is 1. The molecule has 0 radical (unpaired) electrons. The molecule has 2 aliphatic rings. The van der Waals surface area contributed by atoms with Gasteiger partial charge < -0.3 is 10.0 Å². The van der Waals surface area contributed by atoms with E-state index < -0.39 is 29.7 Å². The van der Waals surface area contributed by atoms with Gasteiger partial charge in [-0.15, -0.1) is 0 Å². The average Bonchev–Trinajstić information content (AvgIpc) is 3.70. The van der Waals surface area contributed by atoms with Gasteiger partial charge in [0.05, 0.1) is 19.0 Å². The Kier molecular flexibility index (Phi) is 8.02. The highest BCUT2D eigenvalue weighted by Crippen LogP contribution is 2.45. The zero-order chi connectivity index (χ0) is 29.3. The first-order valence-corrected chi connectivity index (χ1v) is 14.0. The van der Waals surface area contributed by atoms with Crippen LogP contribution in [0.1, 0.15) is 41.0 Å². The third-order valence-electron chi connectivity index (χ3n) is 7.59. The number of carbonyl (C=O) groups excluding carboxylic acids is 1.